The van der Waals surface area contributed by atoms with Crippen LogP contribution in [0, 0.1) is 6.92 Å². The molecule has 0 aliphatic rings. The van der Waals surface area contributed by atoms with Gasteiger partial charge in [0, 0.05) is 12.7 Å². The Morgan fingerprint density at radius 1 is 1.50 bits per heavy atom. The summed E-state index contributed by atoms with van der Waals surface area (Å²) in [5.74, 6) is 1.27. The number of hydrogen-bond acceptors (Lipinski definition) is 3. The largest absolute Gasteiger partial charge is 0.345 e. The number of hydrogen-bond donors (Lipinski definition) is 0. The fourth-order valence-corrected chi connectivity index (χ4v) is 1.36. The van der Waals surface area contributed by atoms with Crippen LogP contribution in [-0.2, 0) is 12.9 Å². The Kier molecular flexibility index (Phi) is 2.29. The van der Waals surface area contributed by atoms with E-state index in [1.54, 1.807) is 0 Å². The lowest BCUT2D eigenvalue weighted by molar-refractivity contribution is 0.390. The van der Waals surface area contributed by atoms with Crippen LogP contribution in [0.3, 0.4) is 0 Å². The molecule has 0 spiro atoms. The highest BCUT2D eigenvalue weighted by molar-refractivity contribution is 6.16. The molecule has 0 aromatic carbocycles. The molecule has 2 heterocycles. The third-order valence-corrected chi connectivity index (χ3v) is 2.41. The monoisotopic (exact) mass is 211 g/mol. The number of alkyl halides is 1. The summed E-state index contributed by atoms with van der Waals surface area (Å²) in [4.78, 5) is 4.14. The molecule has 0 aliphatic heterocycles. The summed E-state index contributed by atoms with van der Waals surface area (Å²) in [5.41, 5.74) is 2.08. The summed E-state index contributed by atoms with van der Waals surface area (Å²) in [7, 11) is 1.96. The maximum Gasteiger partial charge on any atom is 0.241 e. The van der Waals surface area contributed by atoms with E-state index in [1.165, 1.54) is 0 Å². The van der Waals surface area contributed by atoms with Crippen molar-refractivity contribution in [1.29, 1.82) is 0 Å². The summed E-state index contributed by atoms with van der Waals surface area (Å²) >= 11 is 5.57. The summed E-state index contributed by atoms with van der Waals surface area (Å²) in [6, 6.07) is 3.96. The second kappa shape index (κ2) is 3.46. The lowest BCUT2D eigenvalue weighted by atomic mass is 10.4. The van der Waals surface area contributed by atoms with Gasteiger partial charge in [-0.1, -0.05) is 5.16 Å². The highest BCUT2D eigenvalue weighted by Gasteiger charge is 2.11. The highest BCUT2D eigenvalue weighted by atomic mass is 35.5. The van der Waals surface area contributed by atoms with Crippen LogP contribution >= 0.6 is 11.6 Å². The Morgan fingerprint density at radius 2 is 2.29 bits per heavy atom. The van der Waals surface area contributed by atoms with Gasteiger partial charge in [0.25, 0.3) is 0 Å². The van der Waals surface area contributed by atoms with Gasteiger partial charge in [-0.3, -0.25) is 0 Å². The van der Waals surface area contributed by atoms with Crippen LogP contribution in [0.15, 0.2) is 16.7 Å². The van der Waals surface area contributed by atoms with Crippen molar-refractivity contribution in [1.82, 2.24) is 14.7 Å². The van der Waals surface area contributed by atoms with Gasteiger partial charge in [-0.15, -0.1) is 11.6 Å². The molecule has 0 amide bonds. The van der Waals surface area contributed by atoms with E-state index in [0.29, 0.717) is 11.7 Å². The quantitative estimate of drug-likeness (QED) is 0.715. The van der Waals surface area contributed by atoms with Gasteiger partial charge in [-0.2, -0.15) is 4.98 Å². The zero-order chi connectivity index (χ0) is 10.1. The van der Waals surface area contributed by atoms with Crippen LogP contribution in [0.4, 0.5) is 0 Å². The van der Waals surface area contributed by atoms with Crippen molar-refractivity contribution in [3.63, 3.8) is 0 Å². The lowest BCUT2D eigenvalue weighted by Crippen LogP contribution is -1.94. The standard InChI is InChI=1S/C9H10ClN3O/c1-6-3-4-7(13(6)2)9-11-8(5-10)14-12-9/h3-4H,5H2,1-2H3. The van der Waals surface area contributed by atoms with E-state index in [0.717, 1.165) is 11.4 Å². The molecule has 0 fully saturated rings. The highest BCUT2D eigenvalue weighted by Crippen LogP contribution is 2.18. The lowest BCUT2D eigenvalue weighted by Gasteiger charge is -1.99. The molecule has 0 unspecified atom stereocenters. The molecular formula is C9H10ClN3O. The third-order valence-electron chi connectivity index (χ3n) is 2.18. The summed E-state index contributed by atoms with van der Waals surface area (Å²) in [5, 5.41) is 3.84. The maximum atomic E-state index is 5.57. The van der Waals surface area contributed by atoms with Crippen molar-refractivity contribution >= 4 is 11.6 Å². The van der Waals surface area contributed by atoms with E-state index in [9.17, 15) is 0 Å². The predicted molar refractivity (Wildman–Crippen MR) is 53.0 cm³/mol. The number of nitrogens with zero attached hydrogens (tertiary/aromatic N) is 3. The Bertz CT molecular complexity index is 447. The SMILES string of the molecule is Cc1ccc(-c2noc(CCl)n2)n1C. The number of rotatable bonds is 2. The molecule has 0 bridgehead atoms. The fourth-order valence-electron chi connectivity index (χ4n) is 1.25. The van der Waals surface area contributed by atoms with Gasteiger partial charge in [-0.05, 0) is 19.1 Å². The van der Waals surface area contributed by atoms with E-state index in [2.05, 4.69) is 10.1 Å². The van der Waals surface area contributed by atoms with Crippen molar-refractivity contribution < 1.29 is 4.52 Å². The van der Waals surface area contributed by atoms with Gasteiger partial charge in [0.15, 0.2) is 0 Å². The average Bonchev–Trinajstić information content (AvgIpc) is 2.75. The normalized spacial score (nSPS) is 10.8. The minimum Gasteiger partial charge on any atom is -0.345 e. The Labute approximate surface area is 86.5 Å². The first kappa shape index (κ1) is 9.27. The summed E-state index contributed by atoms with van der Waals surface area (Å²) in [6.45, 7) is 2.02. The summed E-state index contributed by atoms with van der Waals surface area (Å²) < 4.78 is 6.93. The summed E-state index contributed by atoms with van der Waals surface area (Å²) in [6.07, 6.45) is 0. The van der Waals surface area contributed by atoms with Gasteiger partial charge in [0.1, 0.15) is 5.88 Å². The molecule has 4 nitrogen and oxygen atoms in total. The minimum absolute atomic E-state index is 0.246. The fraction of sp³-hybridized carbons (Fsp3) is 0.333. The van der Waals surface area contributed by atoms with Gasteiger partial charge >= 0.3 is 0 Å². The molecule has 2 aromatic rings. The molecule has 0 saturated carbocycles. The van der Waals surface area contributed by atoms with Crippen LogP contribution < -0.4 is 0 Å². The topological polar surface area (TPSA) is 43.9 Å². The van der Waals surface area contributed by atoms with Crippen molar-refractivity contribution in [2.45, 2.75) is 12.8 Å². The van der Waals surface area contributed by atoms with E-state index in [1.807, 2.05) is 30.7 Å². The molecule has 0 atom stereocenters. The first-order chi connectivity index (χ1) is 6.72. The van der Waals surface area contributed by atoms with Crippen molar-refractivity contribution in [2.75, 3.05) is 0 Å². The van der Waals surface area contributed by atoms with Crippen molar-refractivity contribution in [2.24, 2.45) is 7.05 Å². The van der Waals surface area contributed by atoms with Crippen LogP contribution in [-0.4, -0.2) is 14.7 Å². The van der Waals surface area contributed by atoms with Crippen LogP contribution in [0.2, 0.25) is 0 Å². The molecular weight excluding hydrogens is 202 g/mol. The Balaban J connectivity index is 2.44. The average molecular weight is 212 g/mol. The predicted octanol–water partition coefficient (Wildman–Crippen LogP) is 2.12. The zero-order valence-electron chi connectivity index (χ0n) is 7.99. The molecule has 0 saturated heterocycles. The zero-order valence-corrected chi connectivity index (χ0v) is 8.75. The van der Waals surface area contributed by atoms with E-state index in [4.69, 9.17) is 16.1 Å². The number of halogens is 1. The van der Waals surface area contributed by atoms with Crippen molar-refractivity contribution in [3.05, 3.63) is 23.7 Å². The van der Waals surface area contributed by atoms with E-state index >= 15 is 0 Å². The van der Waals surface area contributed by atoms with E-state index in [-0.39, 0.29) is 5.88 Å². The number of aromatic nitrogens is 3. The molecule has 74 valence electrons. The molecule has 2 aromatic heterocycles. The molecule has 0 aliphatic carbocycles. The first-order valence-corrected chi connectivity index (χ1v) is 4.77. The molecule has 14 heavy (non-hydrogen) atoms. The van der Waals surface area contributed by atoms with Crippen LogP contribution in [0.5, 0.6) is 0 Å². The van der Waals surface area contributed by atoms with Crippen LogP contribution in [0.1, 0.15) is 11.6 Å². The maximum absolute atomic E-state index is 5.57. The Morgan fingerprint density at radius 3 is 2.79 bits per heavy atom. The molecule has 2 rings (SSSR count). The van der Waals surface area contributed by atoms with Crippen molar-refractivity contribution in [3.8, 4) is 11.5 Å². The van der Waals surface area contributed by atoms with Gasteiger partial charge < -0.3 is 9.09 Å². The molecule has 5 heteroatoms. The minimum atomic E-state index is 0.246. The van der Waals surface area contributed by atoms with Gasteiger partial charge in [0.2, 0.25) is 11.7 Å². The second-order valence-corrected chi connectivity index (χ2v) is 3.33. The number of aryl methyl sites for hydroxylation is 1. The van der Waals surface area contributed by atoms with Crippen LogP contribution in [0.25, 0.3) is 11.5 Å². The smallest absolute Gasteiger partial charge is 0.241 e. The van der Waals surface area contributed by atoms with Gasteiger partial charge in [-0.25, -0.2) is 0 Å². The third kappa shape index (κ3) is 1.42. The molecule has 0 N–H and O–H groups in total. The van der Waals surface area contributed by atoms with E-state index < -0.39 is 0 Å². The Hall–Kier alpha value is -1.29. The molecule has 0 radical (unpaired) electrons. The van der Waals surface area contributed by atoms with Gasteiger partial charge in [0.05, 0.1) is 5.69 Å². The second-order valence-electron chi connectivity index (χ2n) is 3.06. The first-order valence-electron chi connectivity index (χ1n) is 4.23.